The third-order valence-electron chi connectivity index (χ3n) is 3.45. The fourth-order valence-corrected chi connectivity index (χ4v) is 2.51. The topological polar surface area (TPSA) is 46.3 Å². The lowest BCUT2D eigenvalue weighted by Gasteiger charge is -2.18. The maximum Gasteiger partial charge on any atom is 0.254 e. The van der Waals surface area contributed by atoms with Crippen LogP contribution in [0.15, 0.2) is 16.6 Å². The molecule has 2 atom stereocenters. The lowest BCUT2D eigenvalue weighted by atomic mass is 10.1. The minimum Gasteiger partial charge on any atom is -0.396 e. The second kappa shape index (κ2) is 4.88. The van der Waals surface area contributed by atoms with Crippen LogP contribution in [0.2, 0.25) is 0 Å². The highest BCUT2D eigenvalue weighted by atomic mass is 79.9. The van der Waals surface area contributed by atoms with Gasteiger partial charge in [0.15, 0.2) is 0 Å². The van der Waals surface area contributed by atoms with E-state index in [2.05, 4.69) is 22.9 Å². The van der Waals surface area contributed by atoms with E-state index in [1.165, 1.54) is 18.6 Å². The van der Waals surface area contributed by atoms with E-state index in [0.717, 1.165) is 6.54 Å². The van der Waals surface area contributed by atoms with Gasteiger partial charge in [-0.2, -0.15) is 0 Å². The smallest absolute Gasteiger partial charge is 0.254 e. The Bertz CT molecular complexity index is 492. The molecule has 0 radical (unpaired) electrons. The Kier molecular flexibility index (Phi) is 3.61. The van der Waals surface area contributed by atoms with Crippen LogP contribution in [-0.4, -0.2) is 24.4 Å². The first kappa shape index (κ1) is 13.3. The zero-order chi connectivity index (χ0) is 13.4. The zero-order valence-electron chi connectivity index (χ0n) is 10.4. The third kappa shape index (κ3) is 2.66. The lowest BCUT2D eigenvalue weighted by molar-refractivity contribution is 0.0786. The average molecular weight is 315 g/mol. The van der Waals surface area contributed by atoms with E-state index in [0.29, 0.717) is 21.9 Å². The van der Waals surface area contributed by atoms with Crippen molar-refractivity contribution in [1.82, 2.24) is 4.90 Å². The normalized spacial score (nSPS) is 21.8. The SMILES string of the molecule is CC1CC1CN(C)C(=O)c1cc(N)c(F)cc1Br. The fourth-order valence-electron chi connectivity index (χ4n) is 2.02. The zero-order valence-corrected chi connectivity index (χ0v) is 12.0. The summed E-state index contributed by atoms with van der Waals surface area (Å²) in [7, 11) is 1.76. The van der Waals surface area contributed by atoms with E-state index in [4.69, 9.17) is 5.73 Å². The molecule has 0 spiro atoms. The Labute approximate surface area is 114 Å². The molecule has 1 amide bonds. The van der Waals surface area contributed by atoms with E-state index < -0.39 is 5.82 Å². The van der Waals surface area contributed by atoms with Crippen LogP contribution in [-0.2, 0) is 0 Å². The van der Waals surface area contributed by atoms with E-state index in [9.17, 15) is 9.18 Å². The van der Waals surface area contributed by atoms with Crippen molar-refractivity contribution < 1.29 is 9.18 Å². The van der Waals surface area contributed by atoms with Crippen LogP contribution in [0, 0.1) is 17.7 Å². The standard InChI is InChI=1S/C13H16BrFN2O/c1-7-3-8(7)6-17(2)13(18)9-4-12(16)11(15)5-10(9)14/h4-5,7-8H,3,6,16H2,1-2H3. The van der Waals surface area contributed by atoms with Gasteiger partial charge in [0, 0.05) is 18.1 Å². The summed E-state index contributed by atoms with van der Waals surface area (Å²) in [4.78, 5) is 13.9. The van der Waals surface area contributed by atoms with E-state index in [1.807, 2.05) is 0 Å². The van der Waals surface area contributed by atoms with Gasteiger partial charge >= 0.3 is 0 Å². The summed E-state index contributed by atoms with van der Waals surface area (Å²) in [6, 6.07) is 2.62. The van der Waals surface area contributed by atoms with E-state index >= 15 is 0 Å². The van der Waals surface area contributed by atoms with Crippen LogP contribution < -0.4 is 5.73 Å². The summed E-state index contributed by atoms with van der Waals surface area (Å²) in [5.74, 6) is 0.641. The Hall–Kier alpha value is -1.10. The molecule has 1 saturated carbocycles. The van der Waals surface area contributed by atoms with Gasteiger partial charge in [0.25, 0.3) is 5.91 Å². The van der Waals surface area contributed by atoms with E-state index in [1.54, 1.807) is 11.9 Å². The molecule has 98 valence electrons. The Morgan fingerprint density at radius 3 is 2.78 bits per heavy atom. The number of carbonyl (C=O) groups excluding carboxylic acids is 1. The third-order valence-corrected chi connectivity index (χ3v) is 4.10. The average Bonchev–Trinajstić information content (AvgIpc) is 2.98. The molecular formula is C13H16BrFN2O. The van der Waals surface area contributed by atoms with Crippen molar-refractivity contribution in [2.75, 3.05) is 19.3 Å². The van der Waals surface area contributed by atoms with Crippen molar-refractivity contribution in [3.05, 3.63) is 28.0 Å². The quantitative estimate of drug-likeness (QED) is 0.872. The summed E-state index contributed by atoms with van der Waals surface area (Å²) in [5.41, 5.74) is 5.90. The number of rotatable bonds is 3. The highest BCUT2D eigenvalue weighted by molar-refractivity contribution is 9.10. The molecule has 1 aliphatic carbocycles. The number of amides is 1. The molecule has 0 bridgehead atoms. The van der Waals surface area contributed by atoms with Gasteiger partial charge in [-0.3, -0.25) is 4.79 Å². The van der Waals surface area contributed by atoms with E-state index in [-0.39, 0.29) is 11.6 Å². The van der Waals surface area contributed by atoms with Crippen LogP contribution in [0.4, 0.5) is 10.1 Å². The second-order valence-electron chi connectivity index (χ2n) is 5.01. The predicted octanol–water partition coefficient (Wildman–Crippen LogP) is 2.90. The molecule has 18 heavy (non-hydrogen) atoms. The summed E-state index contributed by atoms with van der Waals surface area (Å²) < 4.78 is 13.7. The first-order chi connectivity index (χ1) is 8.40. The number of nitrogens with two attached hydrogens (primary N) is 1. The number of hydrogen-bond donors (Lipinski definition) is 1. The Morgan fingerprint density at radius 1 is 1.61 bits per heavy atom. The van der Waals surface area contributed by atoms with Crippen LogP contribution in [0.25, 0.3) is 0 Å². The number of nitrogen functional groups attached to an aromatic ring is 1. The largest absolute Gasteiger partial charge is 0.396 e. The molecule has 0 aromatic heterocycles. The maximum atomic E-state index is 13.2. The van der Waals surface area contributed by atoms with Gasteiger partial charge in [0.1, 0.15) is 5.82 Å². The van der Waals surface area contributed by atoms with Crippen molar-refractivity contribution in [2.24, 2.45) is 11.8 Å². The maximum absolute atomic E-state index is 13.2. The van der Waals surface area contributed by atoms with Crippen molar-refractivity contribution in [3.8, 4) is 0 Å². The second-order valence-corrected chi connectivity index (χ2v) is 5.87. The number of hydrogen-bond acceptors (Lipinski definition) is 2. The molecule has 0 heterocycles. The van der Waals surface area contributed by atoms with Crippen molar-refractivity contribution in [3.63, 3.8) is 0 Å². The van der Waals surface area contributed by atoms with Crippen molar-refractivity contribution in [2.45, 2.75) is 13.3 Å². The molecule has 0 aliphatic heterocycles. The summed E-state index contributed by atoms with van der Waals surface area (Å²) >= 11 is 3.20. The van der Waals surface area contributed by atoms with Crippen LogP contribution in [0.3, 0.4) is 0 Å². The minimum absolute atomic E-state index is 0.00487. The van der Waals surface area contributed by atoms with Crippen molar-refractivity contribution in [1.29, 1.82) is 0 Å². The first-order valence-corrected chi connectivity index (χ1v) is 6.69. The molecular weight excluding hydrogens is 299 g/mol. The van der Waals surface area contributed by atoms with Crippen LogP contribution in [0.1, 0.15) is 23.7 Å². The number of nitrogens with zero attached hydrogens (tertiary/aromatic N) is 1. The summed E-state index contributed by atoms with van der Waals surface area (Å²) in [5, 5.41) is 0. The molecule has 2 N–H and O–H groups in total. The van der Waals surface area contributed by atoms with Gasteiger partial charge < -0.3 is 10.6 Å². The molecule has 2 rings (SSSR count). The molecule has 5 heteroatoms. The highest BCUT2D eigenvalue weighted by Gasteiger charge is 2.34. The Morgan fingerprint density at radius 2 is 2.22 bits per heavy atom. The van der Waals surface area contributed by atoms with Crippen molar-refractivity contribution >= 4 is 27.5 Å². The highest BCUT2D eigenvalue weighted by Crippen LogP contribution is 2.38. The Balaban J connectivity index is 2.15. The molecule has 1 aliphatic rings. The molecule has 1 aromatic rings. The van der Waals surface area contributed by atoms with Crippen LogP contribution >= 0.6 is 15.9 Å². The van der Waals surface area contributed by atoms with Gasteiger partial charge in [-0.15, -0.1) is 0 Å². The number of anilines is 1. The number of carbonyl (C=O) groups is 1. The molecule has 1 aromatic carbocycles. The first-order valence-electron chi connectivity index (χ1n) is 5.90. The number of benzene rings is 1. The number of halogens is 2. The molecule has 0 saturated heterocycles. The summed E-state index contributed by atoms with van der Waals surface area (Å²) in [6.07, 6.45) is 1.17. The van der Waals surface area contributed by atoms with Crippen LogP contribution in [0.5, 0.6) is 0 Å². The van der Waals surface area contributed by atoms with Gasteiger partial charge in [0.2, 0.25) is 0 Å². The molecule has 3 nitrogen and oxygen atoms in total. The minimum atomic E-state index is -0.517. The van der Waals surface area contributed by atoms with Gasteiger partial charge in [0.05, 0.1) is 11.3 Å². The monoisotopic (exact) mass is 314 g/mol. The molecule has 1 fully saturated rings. The fraction of sp³-hybridized carbons (Fsp3) is 0.462. The summed E-state index contributed by atoms with van der Waals surface area (Å²) in [6.45, 7) is 2.92. The van der Waals surface area contributed by atoms with Gasteiger partial charge in [-0.05, 0) is 46.3 Å². The molecule has 2 unspecified atom stereocenters. The van der Waals surface area contributed by atoms with Gasteiger partial charge in [-0.1, -0.05) is 6.92 Å². The predicted molar refractivity (Wildman–Crippen MR) is 72.7 cm³/mol. The lowest BCUT2D eigenvalue weighted by Crippen LogP contribution is -2.29. The van der Waals surface area contributed by atoms with Gasteiger partial charge in [-0.25, -0.2) is 4.39 Å².